The maximum Gasteiger partial charge on any atom is 0.339 e. The van der Waals surface area contributed by atoms with Crippen LogP contribution in [0.4, 0.5) is 15.3 Å². The lowest BCUT2D eigenvalue weighted by atomic mass is 10.2. The number of aromatic carboxylic acids is 1. The van der Waals surface area contributed by atoms with Gasteiger partial charge in [0.05, 0.1) is 6.20 Å². The standard InChI is InChI=1S/C10H8FN3O2S/c1-5-3-13-10(17-5)14-8-7(9(15)16)2-6(11)4-12-8/h2-4H,1H3,(H,15,16)(H,12,13,14). The van der Waals surface area contributed by atoms with Crippen molar-refractivity contribution in [2.24, 2.45) is 0 Å². The number of anilines is 2. The minimum Gasteiger partial charge on any atom is -0.478 e. The van der Waals surface area contributed by atoms with Crippen molar-refractivity contribution in [2.45, 2.75) is 6.92 Å². The van der Waals surface area contributed by atoms with Crippen molar-refractivity contribution in [2.75, 3.05) is 5.32 Å². The molecule has 0 amide bonds. The number of hydrogen-bond donors (Lipinski definition) is 2. The summed E-state index contributed by atoms with van der Waals surface area (Å²) in [6, 6.07) is 0.915. The Hall–Kier alpha value is -2.02. The van der Waals surface area contributed by atoms with Gasteiger partial charge in [-0.3, -0.25) is 0 Å². The monoisotopic (exact) mass is 253 g/mol. The number of thiazole rings is 1. The van der Waals surface area contributed by atoms with Gasteiger partial charge in [0.1, 0.15) is 17.2 Å². The first kappa shape index (κ1) is 11.5. The molecule has 2 rings (SSSR count). The zero-order valence-electron chi connectivity index (χ0n) is 8.77. The van der Waals surface area contributed by atoms with E-state index in [2.05, 4.69) is 15.3 Å². The highest BCUT2D eigenvalue weighted by atomic mass is 32.1. The highest BCUT2D eigenvalue weighted by molar-refractivity contribution is 7.15. The molecule has 17 heavy (non-hydrogen) atoms. The average Bonchev–Trinajstić information content (AvgIpc) is 2.66. The lowest BCUT2D eigenvalue weighted by Gasteiger charge is -2.05. The molecule has 0 aliphatic heterocycles. The Morgan fingerprint density at radius 3 is 2.82 bits per heavy atom. The molecular weight excluding hydrogens is 245 g/mol. The van der Waals surface area contributed by atoms with Crippen LogP contribution in [-0.4, -0.2) is 21.0 Å². The Morgan fingerprint density at radius 2 is 2.24 bits per heavy atom. The highest BCUT2D eigenvalue weighted by Crippen LogP contribution is 2.23. The molecule has 0 fully saturated rings. The maximum absolute atomic E-state index is 12.9. The molecule has 0 aliphatic rings. The number of halogens is 1. The lowest BCUT2D eigenvalue weighted by molar-refractivity contribution is 0.0697. The molecular formula is C10H8FN3O2S. The fraction of sp³-hybridized carbons (Fsp3) is 0.100. The van der Waals surface area contributed by atoms with Crippen LogP contribution in [0.25, 0.3) is 0 Å². The van der Waals surface area contributed by atoms with E-state index in [-0.39, 0.29) is 11.4 Å². The lowest BCUT2D eigenvalue weighted by Crippen LogP contribution is -2.05. The van der Waals surface area contributed by atoms with Crippen molar-refractivity contribution in [1.82, 2.24) is 9.97 Å². The van der Waals surface area contributed by atoms with Crippen molar-refractivity contribution in [3.05, 3.63) is 34.7 Å². The Labute approximate surface area is 100.0 Å². The second kappa shape index (κ2) is 4.46. The summed E-state index contributed by atoms with van der Waals surface area (Å²) in [5.74, 6) is -1.86. The molecule has 7 heteroatoms. The Morgan fingerprint density at radius 1 is 1.47 bits per heavy atom. The summed E-state index contributed by atoms with van der Waals surface area (Å²) in [6.45, 7) is 1.87. The van der Waals surface area contributed by atoms with Crippen molar-refractivity contribution in [3.8, 4) is 0 Å². The third-order valence-corrected chi connectivity index (χ3v) is 2.76. The second-order valence-electron chi connectivity index (χ2n) is 3.26. The third-order valence-electron chi connectivity index (χ3n) is 1.93. The van der Waals surface area contributed by atoms with Crippen LogP contribution in [0.2, 0.25) is 0 Å². The van der Waals surface area contributed by atoms with Gasteiger partial charge in [0.25, 0.3) is 0 Å². The zero-order valence-corrected chi connectivity index (χ0v) is 9.58. The van der Waals surface area contributed by atoms with Gasteiger partial charge in [-0.1, -0.05) is 0 Å². The summed E-state index contributed by atoms with van der Waals surface area (Å²) < 4.78 is 12.9. The predicted molar refractivity (Wildman–Crippen MR) is 61.3 cm³/mol. The molecule has 0 saturated carbocycles. The van der Waals surface area contributed by atoms with E-state index < -0.39 is 11.8 Å². The van der Waals surface area contributed by atoms with Gasteiger partial charge in [0.2, 0.25) is 0 Å². The van der Waals surface area contributed by atoms with Crippen LogP contribution >= 0.6 is 11.3 Å². The number of aryl methyl sites for hydroxylation is 1. The third kappa shape index (κ3) is 2.56. The molecule has 0 unspecified atom stereocenters. The van der Waals surface area contributed by atoms with E-state index >= 15 is 0 Å². The minimum absolute atomic E-state index is 0.0771. The molecule has 2 aromatic rings. The Kier molecular flexibility index (Phi) is 3.01. The SMILES string of the molecule is Cc1cnc(Nc2ncc(F)cc2C(=O)O)s1. The van der Waals surface area contributed by atoms with E-state index in [1.54, 1.807) is 6.20 Å². The highest BCUT2D eigenvalue weighted by Gasteiger charge is 2.13. The van der Waals surface area contributed by atoms with Gasteiger partial charge < -0.3 is 10.4 Å². The molecule has 88 valence electrons. The number of aromatic nitrogens is 2. The molecule has 0 atom stereocenters. The quantitative estimate of drug-likeness (QED) is 0.878. The number of pyridine rings is 1. The summed E-state index contributed by atoms with van der Waals surface area (Å²) in [4.78, 5) is 19.6. The van der Waals surface area contributed by atoms with Crippen molar-refractivity contribution < 1.29 is 14.3 Å². The molecule has 0 aliphatic carbocycles. The zero-order chi connectivity index (χ0) is 12.4. The first-order chi connectivity index (χ1) is 8.06. The van der Waals surface area contributed by atoms with Crippen LogP contribution in [0, 0.1) is 12.7 Å². The summed E-state index contributed by atoms with van der Waals surface area (Å²) in [7, 11) is 0. The van der Waals surface area contributed by atoms with E-state index in [1.807, 2.05) is 6.92 Å². The normalized spacial score (nSPS) is 10.2. The Balaban J connectivity index is 2.35. The Bertz CT molecular complexity index is 570. The first-order valence-electron chi connectivity index (χ1n) is 4.64. The number of nitrogens with zero attached hydrogens (tertiary/aromatic N) is 2. The molecule has 0 bridgehead atoms. The van der Waals surface area contributed by atoms with E-state index in [0.29, 0.717) is 5.13 Å². The molecule has 5 nitrogen and oxygen atoms in total. The number of nitrogens with one attached hydrogen (secondary N) is 1. The van der Waals surface area contributed by atoms with Gasteiger partial charge in [-0.2, -0.15) is 0 Å². The smallest absolute Gasteiger partial charge is 0.339 e. The second-order valence-corrected chi connectivity index (χ2v) is 4.49. The fourth-order valence-electron chi connectivity index (χ4n) is 1.22. The summed E-state index contributed by atoms with van der Waals surface area (Å²) in [5.41, 5.74) is -0.224. The van der Waals surface area contributed by atoms with E-state index in [4.69, 9.17) is 5.11 Å². The molecule has 2 N–H and O–H groups in total. The molecule has 2 heterocycles. The minimum atomic E-state index is -1.24. The summed E-state index contributed by atoms with van der Waals surface area (Å²) in [6.07, 6.45) is 2.60. The fourth-order valence-corrected chi connectivity index (χ4v) is 1.88. The van der Waals surface area contributed by atoms with Crippen molar-refractivity contribution in [3.63, 3.8) is 0 Å². The molecule has 0 radical (unpaired) electrons. The van der Waals surface area contributed by atoms with Crippen LogP contribution in [0.1, 0.15) is 15.2 Å². The van der Waals surface area contributed by atoms with Gasteiger partial charge in [-0.05, 0) is 13.0 Å². The largest absolute Gasteiger partial charge is 0.478 e. The van der Waals surface area contributed by atoms with Crippen LogP contribution in [-0.2, 0) is 0 Å². The number of carboxylic acid groups (broad SMARTS) is 1. The molecule has 0 saturated heterocycles. The van der Waals surface area contributed by atoms with Crippen LogP contribution in [0.15, 0.2) is 18.5 Å². The van der Waals surface area contributed by atoms with Crippen LogP contribution in [0.5, 0.6) is 0 Å². The number of carbonyl (C=O) groups is 1. The number of hydrogen-bond acceptors (Lipinski definition) is 5. The summed E-state index contributed by atoms with van der Waals surface area (Å²) >= 11 is 1.36. The van der Waals surface area contributed by atoms with E-state index in [1.165, 1.54) is 11.3 Å². The van der Waals surface area contributed by atoms with Gasteiger partial charge in [-0.25, -0.2) is 19.2 Å². The molecule has 0 aromatic carbocycles. The van der Waals surface area contributed by atoms with Gasteiger partial charge in [0.15, 0.2) is 5.13 Å². The van der Waals surface area contributed by atoms with Gasteiger partial charge in [-0.15, -0.1) is 11.3 Å². The molecule has 0 spiro atoms. The number of carboxylic acids is 1. The van der Waals surface area contributed by atoms with Crippen molar-refractivity contribution >= 4 is 28.3 Å². The predicted octanol–water partition coefficient (Wildman–Crippen LogP) is 2.43. The van der Waals surface area contributed by atoms with E-state index in [0.717, 1.165) is 17.1 Å². The first-order valence-corrected chi connectivity index (χ1v) is 5.46. The van der Waals surface area contributed by atoms with E-state index in [9.17, 15) is 9.18 Å². The average molecular weight is 253 g/mol. The summed E-state index contributed by atoms with van der Waals surface area (Å²) in [5, 5.41) is 12.2. The number of rotatable bonds is 3. The maximum atomic E-state index is 12.9. The van der Waals surface area contributed by atoms with Crippen LogP contribution in [0.3, 0.4) is 0 Å². The van der Waals surface area contributed by atoms with Crippen LogP contribution < -0.4 is 5.32 Å². The van der Waals surface area contributed by atoms with Gasteiger partial charge >= 0.3 is 5.97 Å². The van der Waals surface area contributed by atoms with Gasteiger partial charge in [0, 0.05) is 11.1 Å². The molecule has 2 aromatic heterocycles. The van der Waals surface area contributed by atoms with Crippen molar-refractivity contribution in [1.29, 1.82) is 0 Å². The topological polar surface area (TPSA) is 75.1 Å².